The van der Waals surface area contributed by atoms with Gasteiger partial charge < -0.3 is 10.1 Å². The van der Waals surface area contributed by atoms with Gasteiger partial charge in [-0.25, -0.2) is 9.97 Å². The van der Waals surface area contributed by atoms with Gasteiger partial charge in [0, 0.05) is 0 Å². The Balaban J connectivity index is 2.41. The normalized spacial score (nSPS) is 9.61. The van der Waals surface area contributed by atoms with Crippen molar-refractivity contribution < 1.29 is 4.74 Å². The van der Waals surface area contributed by atoms with Crippen molar-refractivity contribution >= 4 is 23.1 Å². The van der Waals surface area contributed by atoms with Crippen LogP contribution in [0.1, 0.15) is 5.56 Å². The first-order valence-corrected chi connectivity index (χ1v) is 5.44. The molecule has 6 heteroatoms. The molecule has 90 valence electrons. The zero-order valence-electron chi connectivity index (χ0n) is 9.51. The fourth-order valence-electron chi connectivity index (χ4n) is 1.44. The van der Waals surface area contributed by atoms with Crippen LogP contribution in [-0.2, 0) is 0 Å². The van der Waals surface area contributed by atoms with E-state index in [-0.39, 0.29) is 5.15 Å². The average Bonchev–Trinajstić information content (AvgIpc) is 2.40. The lowest BCUT2D eigenvalue weighted by atomic mass is 10.2. The lowest BCUT2D eigenvalue weighted by Gasteiger charge is -2.11. The summed E-state index contributed by atoms with van der Waals surface area (Å²) >= 11 is 5.89. The molecular weight excluding hydrogens is 252 g/mol. The molecule has 0 amide bonds. The number of methoxy groups -OCH3 is 1. The quantitative estimate of drug-likeness (QED) is 0.859. The summed E-state index contributed by atoms with van der Waals surface area (Å²) in [5, 5.41) is 12.2. The lowest BCUT2D eigenvalue weighted by molar-refractivity contribution is 0.413. The second kappa shape index (κ2) is 5.34. The number of benzene rings is 1. The second-order valence-corrected chi connectivity index (χ2v) is 3.69. The van der Waals surface area contributed by atoms with Crippen LogP contribution in [0.3, 0.4) is 0 Å². The number of anilines is 2. The van der Waals surface area contributed by atoms with E-state index in [0.717, 1.165) is 0 Å². The minimum absolute atomic E-state index is 0.212. The third-order valence-electron chi connectivity index (χ3n) is 2.27. The fraction of sp³-hybridized carbons (Fsp3) is 0.0833. The number of hydrogen-bond donors (Lipinski definition) is 1. The van der Waals surface area contributed by atoms with E-state index in [1.54, 1.807) is 18.2 Å². The summed E-state index contributed by atoms with van der Waals surface area (Å²) in [6.07, 6.45) is 1.32. The number of nitriles is 1. The van der Waals surface area contributed by atoms with Crippen molar-refractivity contribution in [2.24, 2.45) is 0 Å². The number of hydrogen-bond acceptors (Lipinski definition) is 5. The van der Waals surface area contributed by atoms with Crippen LogP contribution in [0.2, 0.25) is 5.15 Å². The Bertz CT molecular complexity index is 609. The maximum absolute atomic E-state index is 9.00. The van der Waals surface area contributed by atoms with Crippen molar-refractivity contribution in [3.05, 3.63) is 41.3 Å². The zero-order valence-corrected chi connectivity index (χ0v) is 10.3. The standard InChI is InChI=1S/C12H9ClN4O/c1-18-10-11(13)15-7-16-12(10)17-9-5-3-2-4-8(9)6-14/h2-5,7H,1H3,(H,15,16,17). The summed E-state index contributed by atoms with van der Waals surface area (Å²) in [6, 6.07) is 9.17. The summed E-state index contributed by atoms with van der Waals surface area (Å²) in [5.74, 6) is 0.757. The Morgan fingerprint density at radius 2 is 2.11 bits per heavy atom. The minimum Gasteiger partial charge on any atom is -0.490 e. The van der Waals surface area contributed by atoms with Gasteiger partial charge >= 0.3 is 0 Å². The van der Waals surface area contributed by atoms with Crippen LogP contribution in [0, 0.1) is 11.3 Å². The average molecular weight is 261 g/mol. The summed E-state index contributed by atoms with van der Waals surface area (Å²) in [4.78, 5) is 7.86. The Morgan fingerprint density at radius 3 is 2.83 bits per heavy atom. The molecule has 0 fully saturated rings. The van der Waals surface area contributed by atoms with E-state index in [4.69, 9.17) is 21.6 Å². The molecule has 0 aliphatic carbocycles. The van der Waals surface area contributed by atoms with Crippen molar-refractivity contribution in [3.8, 4) is 11.8 Å². The number of para-hydroxylation sites is 1. The Labute approximate surface area is 109 Å². The van der Waals surface area contributed by atoms with Crippen LogP contribution in [0.4, 0.5) is 11.5 Å². The van der Waals surface area contributed by atoms with Gasteiger partial charge in [-0.2, -0.15) is 5.26 Å². The molecule has 0 unspecified atom stereocenters. The molecule has 0 aliphatic heterocycles. The molecule has 0 aliphatic rings. The highest BCUT2D eigenvalue weighted by atomic mass is 35.5. The number of nitrogens with one attached hydrogen (secondary N) is 1. The van der Waals surface area contributed by atoms with Gasteiger partial charge in [0.1, 0.15) is 12.4 Å². The Morgan fingerprint density at radius 1 is 1.33 bits per heavy atom. The molecule has 18 heavy (non-hydrogen) atoms. The first-order chi connectivity index (χ1) is 8.76. The molecule has 5 nitrogen and oxygen atoms in total. The number of aromatic nitrogens is 2. The first-order valence-electron chi connectivity index (χ1n) is 5.07. The van der Waals surface area contributed by atoms with Crippen molar-refractivity contribution in [1.82, 2.24) is 9.97 Å². The third-order valence-corrected chi connectivity index (χ3v) is 2.53. The molecule has 2 aromatic rings. The van der Waals surface area contributed by atoms with Crippen LogP contribution in [-0.4, -0.2) is 17.1 Å². The van der Waals surface area contributed by atoms with E-state index in [0.29, 0.717) is 22.8 Å². The molecule has 1 heterocycles. The number of ether oxygens (including phenoxy) is 1. The van der Waals surface area contributed by atoms with Crippen molar-refractivity contribution in [1.29, 1.82) is 5.26 Å². The molecule has 0 saturated carbocycles. The predicted molar refractivity (Wildman–Crippen MR) is 68.0 cm³/mol. The van der Waals surface area contributed by atoms with Crippen molar-refractivity contribution in [2.75, 3.05) is 12.4 Å². The SMILES string of the molecule is COc1c(Cl)ncnc1Nc1ccccc1C#N. The van der Waals surface area contributed by atoms with Crippen molar-refractivity contribution in [2.45, 2.75) is 0 Å². The maximum Gasteiger partial charge on any atom is 0.199 e. The van der Waals surface area contributed by atoms with Gasteiger partial charge in [-0.3, -0.25) is 0 Å². The molecule has 0 radical (unpaired) electrons. The van der Waals surface area contributed by atoms with E-state index in [2.05, 4.69) is 21.4 Å². The molecule has 0 bridgehead atoms. The Hall–Kier alpha value is -2.32. The molecular formula is C12H9ClN4O. The molecule has 1 aromatic heterocycles. The topological polar surface area (TPSA) is 70.8 Å². The highest BCUT2D eigenvalue weighted by Gasteiger charge is 2.11. The summed E-state index contributed by atoms with van der Waals surface area (Å²) in [6.45, 7) is 0. The van der Waals surface area contributed by atoms with Gasteiger partial charge in [-0.15, -0.1) is 0 Å². The van der Waals surface area contributed by atoms with E-state index in [1.807, 2.05) is 6.07 Å². The molecule has 2 rings (SSSR count). The van der Waals surface area contributed by atoms with Crippen LogP contribution < -0.4 is 10.1 Å². The molecule has 1 N–H and O–H groups in total. The van der Waals surface area contributed by atoms with Crippen LogP contribution in [0.15, 0.2) is 30.6 Å². The second-order valence-electron chi connectivity index (χ2n) is 3.33. The number of halogens is 1. The first kappa shape index (κ1) is 12.1. The smallest absolute Gasteiger partial charge is 0.199 e. The van der Waals surface area contributed by atoms with E-state index in [1.165, 1.54) is 13.4 Å². The van der Waals surface area contributed by atoms with Gasteiger partial charge in [0.25, 0.3) is 0 Å². The number of nitrogens with zero attached hydrogens (tertiary/aromatic N) is 3. The summed E-state index contributed by atoms with van der Waals surface area (Å²) in [5.41, 5.74) is 1.14. The highest BCUT2D eigenvalue weighted by molar-refractivity contribution is 6.31. The van der Waals surface area contributed by atoms with E-state index < -0.39 is 0 Å². The van der Waals surface area contributed by atoms with Gasteiger partial charge in [-0.05, 0) is 12.1 Å². The Kier molecular flexibility index (Phi) is 3.60. The van der Waals surface area contributed by atoms with Gasteiger partial charge in [-0.1, -0.05) is 23.7 Å². The monoisotopic (exact) mass is 260 g/mol. The third kappa shape index (κ3) is 2.34. The molecule has 1 aromatic carbocycles. The zero-order chi connectivity index (χ0) is 13.0. The summed E-state index contributed by atoms with van der Waals surface area (Å²) in [7, 11) is 1.48. The van der Waals surface area contributed by atoms with Gasteiger partial charge in [0.15, 0.2) is 16.7 Å². The van der Waals surface area contributed by atoms with Crippen molar-refractivity contribution in [3.63, 3.8) is 0 Å². The number of rotatable bonds is 3. The summed E-state index contributed by atoms with van der Waals surface area (Å²) < 4.78 is 5.12. The fourth-order valence-corrected chi connectivity index (χ4v) is 1.65. The van der Waals surface area contributed by atoms with Crippen LogP contribution in [0.25, 0.3) is 0 Å². The lowest BCUT2D eigenvalue weighted by Crippen LogP contribution is -2.00. The predicted octanol–water partition coefficient (Wildman–Crippen LogP) is 2.75. The molecule has 0 saturated heterocycles. The minimum atomic E-state index is 0.212. The van der Waals surface area contributed by atoms with Crippen LogP contribution in [0.5, 0.6) is 5.75 Å². The van der Waals surface area contributed by atoms with Crippen LogP contribution >= 0.6 is 11.6 Å². The largest absolute Gasteiger partial charge is 0.490 e. The maximum atomic E-state index is 9.00. The molecule has 0 atom stereocenters. The van der Waals surface area contributed by atoms with Gasteiger partial charge in [0.05, 0.1) is 18.4 Å². The van der Waals surface area contributed by atoms with E-state index in [9.17, 15) is 0 Å². The molecule has 0 spiro atoms. The highest BCUT2D eigenvalue weighted by Crippen LogP contribution is 2.31. The van der Waals surface area contributed by atoms with E-state index >= 15 is 0 Å². The van der Waals surface area contributed by atoms with Gasteiger partial charge in [0.2, 0.25) is 0 Å².